The Balaban J connectivity index is 1.96. The highest BCUT2D eigenvalue weighted by Crippen LogP contribution is 2.27. The van der Waals surface area contributed by atoms with Crippen LogP contribution in [-0.2, 0) is 0 Å². The van der Waals surface area contributed by atoms with Gasteiger partial charge >= 0.3 is 6.03 Å². The van der Waals surface area contributed by atoms with Crippen LogP contribution >= 0.6 is 0 Å². The first-order valence-electron chi connectivity index (χ1n) is 5.90. The Hall–Kier alpha value is -0.730. The van der Waals surface area contributed by atoms with Gasteiger partial charge in [-0.2, -0.15) is 0 Å². The zero-order chi connectivity index (χ0) is 9.97. The van der Waals surface area contributed by atoms with Crippen LogP contribution in [0.25, 0.3) is 0 Å². The summed E-state index contributed by atoms with van der Waals surface area (Å²) in [4.78, 5) is 13.7. The molecule has 80 valence electrons. The quantitative estimate of drug-likeness (QED) is 0.736. The van der Waals surface area contributed by atoms with Crippen LogP contribution in [-0.4, -0.2) is 29.6 Å². The smallest absolute Gasteiger partial charge is 0.318 e. The molecule has 2 rings (SSSR count). The molecule has 0 radical (unpaired) electrons. The van der Waals surface area contributed by atoms with Crippen LogP contribution < -0.4 is 5.32 Å². The molecular weight excluding hydrogens is 176 g/mol. The van der Waals surface area contributed by atoms with E-state index < -0.39 is 0 Å². The first-order valence-corrected chi connectivity index (χ1v) is 5.90. The van der Waals surface area contributed by atoms with Gasteiger partial charge < -0.3 is 10.2 Å². The molecule has 2 aliphatic rings. The second kappa shape index (κ2) is 4.20. The van der Waals surface area contributed by atoms with E-state index in [1.165, 1.54) is 32.1 Å². The van der Waals surface area contributed by atoms with Gasteiger partial charge in [0.2, 0.25) is 0 Å². The summed E-state index contributed by atoms with van der Waals surface area (Å²) in [6.45, 7) is 3.12. The Bertz CT molecular complexity index is 217. The lowest BCUT2D eigenvalue weighted by atomic mass is 9.91. The molecule has 1 saturated heterocycles. The molecule has 1 N–H and O–H groups in total. The van der Waals surface area contributed by atoms with Crippen LogP contribution in [0.3, 0.4) is 0 Å². The molecule has 14 heavy (non-hydrogen) atoms. The number of amides is 2. The molecule has 0 aromatic rings. The summed E-state index contributed by atoms with van der Waals surface area (Å²) in [5.41, 5.74) is 0. The molecule has 0 aromatic carbocycles. The number of fused-ring (bicyclic) bond motifs is 1. The molecule has 1 heterocycles. The Kier molecular flexibility index (Phi) is 2.94. The topological polar surface area (TPSA) is 32.3 Å². The summed E-state index contributed by atoms with van der Waals surface area (Å²) in [5.74, 6) is 0. The van der Waals surface area contributed by atoms with E-state index >= 15 is 0 Å². The van der Waals surface area contributed by atoms with E-state index in [1.54, 1.807) is 0 Å². The highest BCUT2D eigenvalue weighted by molar-refractivity contribution is 5.77. The predicted octanol–water partition coefficient (Wildman–Crippen LogP) is 2.12. The Labute approximate surface area is 85.8 Å². The number of hydrogen-bond donors (Lipinski definition) is 1. The summed E-state index contributed by atoms with van der Waals surface area (Å²) in [5, 5.41) is 3.10. The number of rotatable bonds is 3. The first-order chi connectivity index (χ1) is 6.83. The van der Waals surface area contributed by atoms with Gasteiger partial charge in [0.25, 0.3) is 0 Å². The molecule has 0 aromatic heterocycles. The van der Waals surface area contributed by atoms with Crippen LogP contribution in [0.4, 0.5) is 4.79 Å². The van der Waals surface area contributed by atoms with Gasteiger partial charge in [0.05, 0.1) is 12.1 Å². The fourth-order valence-electron chi connectivity index (χ4n) is 2.64. The summed E-state index contributed by atoms with van der Waals surface area (Å²) in [6.07, 6.45) is 7.26. The normalized spacial score (nSPS) is 31.5. The summed E-state index contributed by atoms with van der Waals surface area (Å²) < 4.78 is 0. The summed E-state index contributed by atoms with van der Waals surface area (Å²) in [7, 11) is 0. The number of hydrogen-bond acceptors (Lipinski definition) is 1. The van der Waals surface area contributed by atoms with Crippen molar-refractivity contribution >= 4 is 6.03 Å². The Morgan fingerprint density at radius 1 is 1.43 bits per heavy atom. The van der Waals surface area contributed by atoms with Gasteiger partial charge in [0.15, 0.2) is 0 Å². The third-order valence-electron chi connectivity index (χ3n) is 3.45. The van der Waals surface area contributed by atoms with Crippen molar-refractivity contribution in [2.75, 3.05) is 6.54 Å². The van der Waals surface area contributed by atoms with Crippen LogP contribution in [0.5, 0.6) is 0 Å². The molecule has 0 spiro atoms. The van der Waals surface area contributed by atoms with Crippen LogP contribution in [0.2, 0.25) is 0 Å². The first kappa shape index (κ1) is 9.81. The second-order valence-corrected chi connectivity index (χ2v) is 4.45. The van der Waals surface area contributed by atoms with E-state index in [2.05, 4.69) is 17.1 Å². The van der Waals surface area contributed by atoms with Gasteiger partial charge in [-0.15, -0.1) is 0 Å². The minimum Gasteiger partial charge on any atom is -0.333 e. The van der Waals surface area contributed by atoms with Gasteiger partial charge in [-0.3, -0.25) is 0 Å². The monoisotopic (exact) mass is 196 g/mol. The molecule has 3 heteroatoms. The van der Waals surface area contributed by atoms with E-state index in [9.17, 15) is 4.79 Å². The largest absolute Gasteiger partial charge is 0.333 e. The molecule has 1 aliphatic heterocycles. The molecule has 3 nitrogen and oxygen atoms in total. The third kappa shape index (κ3) is 1.72. The zero-order valence-electron chi connectivity index (χ0n) is 8.96. The standard InChI is InChI=1S/C11H20N2O/c1-2-3-8-13-10-7-5-4-6-9(10)12-11(13)14/h9-10H,2-8H2,1H3,(H,12,14). The molecule has 2 amide bonds. The Morgan fingerprint density at radius 3 is 3.00 bits per heavy atom. The summed E-state index contributed by atoms with van der Waals surface area (Å²) >= 11 is 0. The van der Waals surface area contributed by atoms with Crippen molar-refractivity contribution in [2.45, 2.75) is 57.5 Å². The molecule has 0 bridgehead atoms. The van der Waals surface area contributed by atoms with Gasteiger partial charge in [-0.1, -0.05) is 26.2 Å². The SMILES string of the molecule is CCCCN1C(=O)NC2CCCCC21. The highest BCUT2D eigenvalue weighted by Gasteiger charge is 2.39. The average molecular weight is 196 g/mol. The van der Waals surface area contributed by atoms with Gasteiger partial charge in [-0.05, 0) is 19.3 Å². The van der Waals surface area contributed by atoms with Crippen molar-refractivity contribution in [1.29, 1.82) is 0 Å². The van der Waals surface area contributed by atoms with Gasteiger partial charge in [-0.25, -0.2) is 4.79 Å². The Morgan fingerprint density at radius 2 is 2.21 bits per heavy atom. The molecule has 2 unspecified atom stereocenters. The van der Waals surface area contributed by atoms with Crippen molar-refractivity contribution in [2.24, 2.45) is 0 Å². The van der Waals surface area contributed by atoms with Crippen molar-refractivity contribution in [3.05, 3.63) is 0 Å². The number of carbonyl (C=O) groups is 1. The number of nitrogens with one attached hydrogen (secondary N) is 1. The van der Waals surface area contributed by atoms with E-state index in [1.807, 2.05) is 0 Å². The van der Waals surface area contributed by atoms with Crippen molar-refractivity contribution < 1.29 is 4.79 Å². The summed E-state index contributed by atoms with van der Waals surface area (Å²) in [6, 6.07) is 1.13. The minimum absolute atomic E-state index is 0.176. The number of nitrogens with zero attached hydrogens (tertiary/aromatic N) is 1. The van der Waals surface area contributed by atoms with E-state index in [0.717, 1.165) is 13.0 Å². The number of unbranched alkanes of at least 4 members (excludes halogenated alkanes) is 1. The van der Waals surface area contributed by atoms with Crippen molar-refractivity contribution in [3.63, 3.8) is 0 Å². The highest BCUT2D eigenvalue weighted by atomic mass is 16.2. The van der Waals surface area contributed by atoms with Crippen molar-refractivity contribution in [3.8, 4) is 0 Å². The predicted molar refractivity (Wildman–Crippen MR) is 56.2 cm³/mol. The average Bonchev–Trinajstić information content (AvgIpc) is 2.51. The number of urea groups is 1. The molecule has 2 atom stereocenters. The third-order valence-corrected chi connectivity index (χ3v) is 3.45. The lowest BCUT2D eigenvalue weighted by Gasteiger charge is -2.29. The second-order valence-electron chi connectivity index (χ2n) is 4.45. The van der Waals surface area contributed by atoms with Crippen LogP contribution in [0.1, 0.15) is 45.4 Å². The maximum Gasteiger partial charge on any atom is 0.318 e. The fraction of sp³-hybridized carbons (Fsp3) is 0.909. The van der Waals surface area contributed by atoms with Crippen LogP contribution in [0, 0.1) is 0 Å². The lowest BCUT2D eigenvalue weighted by Crippen LogP contribution is -2.39. The van der Waals surface area contributed by atoms with Gasteiger partial charge in [0, 0.05) is 6.54 Å². The zero-order valence-corrected chi connectivity index (χ0v) is 8.96. The van der Waals surface area contributed by atoms with E-state index in [0.29, 0.717) is 12.1 Å². The molecular formula is C11H20N2O. The minimum atomic E-state index is 0.176. The number of carbonyl (C=O) groups excluding carboxylic acids is 1. The molecule has 2 fully saturated rings. The van der Waals surface area contributed by atoms with Crippen molar-refractivity contribution in [1.82, 2.24) is 10.2 Å². The molecule has 1 saturated carbocycles. The van der Waals surface area contributed by atoms with E-state index in [4.69, 9.17) is 0 Å². The fourth-order valence-corrected chi connectivity index (χ4v) is 2.64. The van der Waals surface area contributed by atoms with Crippen LogP contribution in [0.15, 0.2) is 0 Å². The maximum atomic E-state index is 11.7. The lowest BCUT2D eigenvalue weighted by molar-refractivity contribution is 0.189. The molecule has 1 aliphatic carbocycles. The maximum absolute atomic E-state index is 11.7. The van der Waals surface area contributed by atoms with Gasteiger partial charge in [0.1, 0.15) is 0 Å². The van der Waals surface area contributed by atoms with E-state index in [-0.39, 0.29) is 6.03 Å².